The quantitative estimate of drug-likeness (QED) is 0.172. The second-order valence-corrected chi connectivity index (χ2v) is 11.3. The minimum absolute atomic E-state index is 0. The van der Waals surface area contributed by atoms with Crippen LogP contribution in [-0.2, 0) is 4.79 Å². The van der Waals surface area contributed by atoms with Crippen molar-refractivity contribution in [3.63, 3.8) is 0 Å². The van der Waals surface area contributed by atoms with Gasteiger partial charge in [0.25, 0.3) is 0 Å². The van der Waals surface area contributed by atoms with Crippen LogP contribution in [0.15, 0.2) is 54.6 Å². The van der Waals surface area contributed by atoms with Gasteiger partial charge >= 0.3 is 0 Å². The van der Waals surface area contributed by atoms with Crippen LogP contribution in [0.25, 0.3) is 0 Å². The molecule has 1 aliphatic heterocycles. The molecule has 1 atom stereocenters. The Morgan fingerprint density at radius 2 is 1.46 bits per heavy atom. The molecular weight excluding hydrogens is 536 g/mol. The molecule has 0 saturated carbocycles. The molecule has 0 aromatic heterocycles. The maximum Gasteiger partial charge on any atom is 0.224 e. The van der Waals surface area contributed by atoms with Crippen LogP contribution in [0.3, 0.4) is 0 Å². The van der Waals surface area contributed by atoms with Gasteiger partial charge in [-0.2, -0.15) is 0 Å². The van der Waals surface area contributed by atoms with Crippen LogP contribution in [0.5, 0.6) is 5.75 Å². The molecule has 1 amide bonds. The molecule has 7 nitrogen and oxygen atoms in total. The average Bonchev–Trinajstić information content (AvgIpc) is 2.97. The van der Waals surface area contributed by atoms with E-state index in [9.17, 15) is 9.90 Å². The Morgan fingerprint density at radius 1 is 0.854 bits per heavy atom. The molecule has 8 heteroatoms. The number of unbranched alkanes of at least 4 members (excludes halogenated alkanes) is 7. The SMILES string of the molecule is CC(C)NCC(O)COc1ccc(NC(=O)CCCCCCCCCCN2CCN(c3ccccc3)CC2)cc1.Cl. The number of ether oxygens (including phenoxy) is 1. The number of anilines is 2. The van der Waals surface area contributed by atoms with Crippen LogP contribution < -0.4 is 20.3 Å². The summed E-state index contributed by atoms with van der Waals surface area (Å²) >= 11 is 0. The van der Waals surface area contributed by atoms with Gasteiger partial charge in [-0.05, 0) is 55.8 Å². The fraction of sp³-hybridized carbons (Fsp3) is 0.606. The van der Waals surface area contributed by atoms with Crippen molar-refractivity contribution in [3.8, 4) is 5.75 Å². The average molecular weight is 589 g/mol. The first kappa shape index (κ1) is 34.9. The highest BCUT2D eigenvalue weighted by Crippen LogP contribution is 2.18. The number of aliphatic hydroxyl groups excluding tert-OH is 1. The van der Waals surface area contributed by atoms with E-state index in [1.807, 2.05) is 38.1 Å². The highest BCUT2D eigenvalue weighted by Gasteiger charge is 2.16. The van der Waals surface area contributed by atoms with Crippen molar-refractivity contribution in [1.82, 2.24) is 10.2 Å². The van der Waals surface area contributed by atoms with Crippen LogP contribution in [0, 0.1) is 0 Å². The van der Waals surface area contributed by atoms with Gasteiger partial charge in [0.1, 0.15) is 18.5 Å². The van der Waals surface area contributed by atoms with Crippen molar-refractivity contribution in [3.05, 3.63) is 54.6 Å². The largest absolute Gasteiger partial charge is 0.491 e. The maximum absolute atomic E-state index is 12.3. The molecule has 41 heavy (non-hydrogen) atoms. The zero-order valence-electron chi connectivity index (χ0n) is 25.2. The molecule has 3 N–H and O–H groups in total. The van der Waals surface area contributed by atoms with Gasteiger partial charge in [0.15, 0.2) is 0 Å². The highest BCUT2D eigenvalue weighted by molar-refractivity contribution is 5.90. The van der Waals surface area contributed by atoms with E-state index >= 15 is 0 Å². The van der Waals surface area contributed by atoms with E-state index < -0.39 is 6.10 Å². The molecule has 1 aliphatic rings. The number of hydrogen-bond donors (Lipinski definition) is 3. The normalized spacial score (nSPS) is 14.5. The van der Waals surface area contributed by atoms with Crippen molar-refractivity contribution >= 4 is 29.7 Å². The Morgan fingerprint density at radius 3 is 2.10 bits per heavy atom. The molecule has 0 bridgehead atoms. The van der Waals surface area contributed by atoms with Gasteiger partial charge in [-0.25, -0.2) is 0 Å². The fourth-order valence-electron chi connectivity index (χ4n) is 5.03. The minimum Gasteiger partial charge on any atom is -0.491 e. The van der Waals surface area contributed by atoms with Crippen LogP contribution in [0.1, 0.15) is 71.6 Å². The monoisotopic (exact) mass is 588 g/mol. The summed E-state index contributed by atoms with van der Waals surface area (Å²) < 4.78 is 5.63. The van der Waals surface area contributed by atoms with Gasteiger partial charge in [0, 0.05) is 56.6 Å². The van der Waals surface area contributed by atoms with E-state index in [1.165, 1.54) is 63.8 Å². The van der Waals surface area contributed by atoms with Gasteiger partial charge in [-0.15, -0.1) is 12.4 Å². The second kappa shape index (κ2) is 20.5. The van der Waals surface area contributed by atoms with Gasteiger partial charge in [-0.3, -0.25) is 9.69 Å². The molecule has 0 spiro atoms. The van der Waals surface area contributed by atoms with E-state index in [1.54, 1.807) is 0 Å². The van der Waals surface area contributed by atoms with Crippen molar-refractivity contribution in [2.24, 2.45) is 0 Å². The number of rotatable bonds is 19. The zero-order chi connectivity index (χ0) is 28.4. The molecule has 1 saturated heterocycles. The summed E-state index contributed by atoms with van der Waals surface area (Å²) in [5.74, 6) is 0.747. The smallest absolute Gasteiger partial charge is 0.224 e. The lowest BCUT2D eigenvalue weighted by molar-refractivity contribution is -0.116. The van der Waals surface area contributed by atoms with E-state index in [4.69, 9.17) is 4.74 Å². The maximum atomic E-state index is 12.3. The molecule has 1 heterocycles. The number of nitrogens with zero attached hydrogens (tertiary/aromatic N) is 2. The lowest BCUT2D eigenvalue weighted by Gasteiger charge is -2.36. The van der Waals surface area contributed by atoms with Crippen molar-refractivity contribution in [2.45, 2.75) is 83.8 Å². The summed E-state index contributed by atoms with van der Waals surface area (Å²) in [5.41, 5.74) is 2.13. The molecule has 2 aromatic rings. The van der Waals surface area contributed by atoms with Gasteiger partial charge in [-0.1, -0.05) is 70.6 Å². The topological polar surface area (TPSA) is 77.1 Å². The first-order valence-electron chi connectivity index (χ1n) is 15.5. The lowest BCUT2D eigenvalue weighted by Crippen LogP contribution is -2.46. The summed E-state index contributed by atoms with van der Waals surface area (Å²) in [7, 11) is 0. The number of amides is 1. The summed E-state index contributed by atoms with van der Waals surface area (Å²) in [6.45, 7) is 10.6. The Bertz CT molecular complexity index is 937. The number of piperazine rings is 1. The molecule has 0 radical (unpaired) electrons. The van der Waals surface area contributed by atoms with E-state index in [2.05, 4.69) is 50.8 Å². The number of aliphatic hydroxyl groups is 1. The van der Waals surface area contributed by atoms with Crippen LogP contribution in [0.2, 0.25) is 0 Å². The van der Waals surface area contributed by atoms with Crippen molar-refractivity contribution in [2.75, 3.05) is 56.1 Å². The van der Waals surface area contributed by atoms with Crippen LogP contribution in [-0.4, -0.2) is 73.9 Å². The van der Waals surface area contributed by atoms with Crippen molar-refractivity contribution < 1.29 is 14.6 Å². The molecular formula is C33H53ClN4O3. The summed E-state index contributed by atoms with van der Waals surface area (Å²) in [6.07, 6.45) is 9.76. The molecule has 3 rings (SSSR count). The molecule has 1 unspecified atom stereocenters. The molecule has 230 valence electrons. The summed E-state index contributed by atoms with van der Waals surface area (Å²) in [4.78, 5) is 17.4. The number of benzene rings is 2. The minimum atomic E-state index is -0.556. The number of nitrogens with one attached hydrogen (secondary N) is 2. The summed E-state index contributed by atoms with van der Waals surface area (Å²) in [6, 6.07) is 18.4. The third-order valence-corrected chi connectivity index (χ3v) is 7.46. The third-order valence-electron chi connectivity index (χ3n) is 7.46. The number of halogens is 1. The fourth-order valence-corrected chi connectivity index (χ4v) is 5.03. The third kappa shape index (κ3) is 14.9. The number of carbonyl (C=O) groups excluding carboxylic acids is 1. The predicted molar refractivity (Wildman–Crippen MR) is 174 cm³/mol. The standard InChI is InChI=1S/C33H52N4O3.ClH/c1-28(2)34-26-31(38)27-40-32-19-17-29(18-20-32)35-33(39)16-12-7-5-3-4-6-8-13-21-36-22-24-37(25-23-36)30-14-10-9-11-15-30;/h9-11,14-15,17-20,28,31,34,38H,3-8,12-13,16,21-27H2,1-2H3,(H,35,39);1H. The van der Waals surface area contributed by atoms with E-state index in [-0.39, 0.29) is 24.9 Å². The van der Waals surface area contributed by atoms with Crippen molar-refractivity contribution in [1.29, 1.82) is 0 Å². The molecule has 1 fully saturated rings. The highest BCUT2D eigenvalue weighted by atomic mass is 35.5. The van der Waals surface area contributed by atoms with Gasteiger partial charge < -0.3 is 25.4 Å². The number of para-hydroxylation sites is 1. The Hall–Kier alpha value is -2.32. The van der Waals surface area contributed by atoms with E-state index in [0.717, 1.165) is 31.6 Å². The number of carbonyl (C=O) groups is 1. The van der Waals surface area contributed by atoms with Crippen LogP contribution >= 0.6 is 12.4 Å². The first-order valence-corrected chi connectivity index (χ1v) is 15.5. The van der Waals surface area contributed by atoms with E-state index in [0.29, 0.717) is 24.8 Å². The molecule has 2 aromatic carbocycles. The van der Waals surface area contributed by atoms with Gasteiger partial charge in [0.05, 0.1) is 0 Å². The Balaban J connectivity index is 0.00000588. The first-order chi connectivity index (χ1) is 19.5. The lowest BCUT2D eigenvalue weighted by atomic mass is 10.1. The Kier molecular flexibility index (Phi) is 17.5. The Labute approximate surface area is 254 Å². The van der Waals surface area contributed by atoms with Crippen LogP contribution in [0.4, 0.5) is 11.4 Å². The summed E-state index contributed by atoms with van der Waals surface area (Å²) in [5, 5.41) is 16.1. The zero-order valence-corrected chi connectivity index (χ0v) is 26.0. The molecule has 0 aliphatic carbocycles. The second-order valence-electron chi connectivity index (χ2n) is 11.3. The van der Waals surface area contributed by atoms with Gasteiger partial charge in [0.2, 0.25) is 5.91 Å². The predicted octanol–water partition coefficient (Wildman–Crippen LogP) is 6.12. The number of hydrogen-bond acceptors (Lipinski definition) is 6.